The first-order chi connectivity index (χ1) is 7.65. The molecule has 1 rings (SSSR count). The Balaban J connectivity index is 2.48. The maximum Gasteiger partial charge on any atom is 0.225 e. The van der Waals surface area contributed by atoms with Gasteiger partial charge in [-0.2, -0.15) is 0 Å². The summed E-state index contributed by atoms with van der Waals surface area (Å²) in [6.45, 7) is 8.06. The summed E-state index contributed by atoms with van der Waals surface area (Å²) in [5.74, 6) is 0.123. The first-order valence-electron chi connectivity index (χ1n) is 6.63. The van der Waals surface area contributed by atoms with Gasteiger partial charge in [-0.15, -0.1) is 0 Å². The molecule has 0 spiro atoms. The average Bonchev–Trinajstić information content (AvgIpc) is 2.20. The van der Waals surface area contributed by atoms with E-state index in [0.29, 0.717) is 17.8 Å². The van der Waals surface area contributed by atoms with Gasteiger partial charge in [-0.05, 0) is 57.3 Å². The molecule has 1 amide bonds. The highest BCUT2D eigenvalue weighted by molar-refractivity contribution is 5.80. The Labute approximate surface area is 105 Å². The Morgan fingerprint density at radius 1 is 1.41 bits per heavy atom. The molecule has 0 saturated heterocycles. The monoisotopic (exact) mass is 241 g/mol. The Hall–Kier alpha value is -0.570. The fraction of sp³-hybridized carbons (Fsp3) is 0.929. The van der Waals surface area contributed by atoms with Gasteiger partial charge in [0.1, 0.15) is 0 Å². The molecule has 0 aromatic carbocycles. The molecule has 1 aliphatic rings. The first-order valence-corrected chi connectivity index (χ1v) is 6.63. The first kappa shape index (κ1) is 14.5. The topological polar surface area (TPSA) is 63.3 Å². The number of carbonyl (C=O) groups excluding carboxylic acids is 1. The molecule has 0 radical (unpaired) electrons. The van der Waals surface area contributed by atoms with Crippen molar-refractivity contribution in [3.8, 4) is 0 Å². The van der Waals surface area contributed by atoms with E-state index in [9.17, 15) is 9.90 Å². The molecule has 3 N–H and O–H groups in total. The smallest absolute Gasteiger partial charge is 0.225 e. The lowest BCUT2D eigenvalue weighted by molar-refractivity contribution is -0.132. The van der Waals surface area contributed by atoms with Crippen molar-refractivity contribution in [3.05, 3.63) is 0 Å². The lowest BCUT2D eigenvalue weighted by atomic mass is 9.70. The molecule has 0 aliphatic heterocycles. The number of primary amides is 1. The van der Waals surface area contributed by atoms with Crippen LogP contribution in [0.3, 0.4) is 0 Å². The van der Waals surface area contributed by atoms with E-state index in [2.05, 4.69) is 13.8 Å². The van der Waals surface area contributed by atoms with E-state index in [1.54, 1.807) is 13.8 Å². The zero-order chi connectivity index (χ0) is 13.3. The molecular formula is C14H27NO2. The molecular weight excluding hydrogens is 214 g/mol. The number of amides is 1. The van der Waals surface area contributed by atoms with Gasteiger partial charge in [0.2, 0.25) is 5.91 Å². The summed E-state index contributed by atoms with van der Waals surface area (Å²) < 4.78 is 0. The third-order valence-electron chi connectivity index (χ3n) is 4.48. The number of rotatable bonds is 4. The number of nitrogens with two attached hydrogens (primary N) is 1. The summed E-state index contributed by atoms with van der Waals surface area (Å²) in [4.78, 5) is 11.3. The van der Waals surface area contributed by atoms with Crippen molar-refractivity contribution in [2.45, 2.75) is 65.9 Å². The highest BCUT2D eigenvalue weighted by atomic mass is 16.3. The maximum atomic E-state index is 11.3. The van der Waals surface area contributed by atoms with Crippen LogP contribution in [0.5, 0.6) is 0 Å². The number of aliphatic hydroxyl groups excluding tert-OH is 1. The van der Waals surface area contributed by atoms with Gasteiger partial charge in [0.25, 0.3) is 0 Å². The van der Waals surface area contributed by atoms with Crippen LogP contribution in [0.1, 0.15) is 59.8 Å². The molecule has 0 aromatic heterocycles. The van der Waals surface area contributed by atoms with Crippen molar-refractivity contribution in [2.75, 3.05) is 0 Å². The van der Waals surface area contributed by atoms with Gasteiger partial charge in [0.05, 0.1) is 11.5 Å². The van der Waals surface area contributed by atoms with E-state index >= 15 is 0 Å². The van der Waals surface area contributed by atoms with Crippen molar-refractivity contribution in [2.24, 2.45) is 22.5 Å². The van der Waals surface area contributed by atoms with Crippen LogP contribution in [0.2, 0.25) is 0 Å². The van der Waals surface area contributed by atoms with Gasteiger partial charge in [0, 0.05) is 0 Å². The van der Waals surface area contributed by atoms with Crippen LogP contribution < -0.4 is 5.73 Å². The van der Waals surface area contributed by atoms with E-state index in [4.69, 9.17) is 5.73 Å². The van der Waals surface area contributed by atoms with Crippen LogP contribution in [0, 0.1) is 16.7 Å². The highest BCUT2D eigenvalue weighted by Gasteiger charge is 2.36. The van der Waals surface area contributed by atoms with Crippen LogP contribution in [0.25, 0.3) is 0 Å². The lowest BCUT2D eigenvalue weighted by Gasteiger charge is -2.37. The lowest BCUT2D eigenvalue weighted by Crippen LogP contribution is -2.43. The molecule has 1 aliphatic carbocycles. The van der Waals surface area contributed by atoms with Crippen molar-refractivity contribution in [3.63, 3.8) is 0 Å². The minimum Gasteiger partial charge on any atom is -0.392 e. The Morgan fingerprint density at radius 3 is 2.29 bits per heavy atom. The second-order valence-corrected chi connectivity index (χ2v) is 6.95. The second-order valence-electron chi connectivity index (χ2n) is 6.95. The molecule has 100 valence electrons. The predicted molar refractivity (Wildman–Crippen MR) is 69.3 cm³/mol. The quantitative estimate of drug-likeness (QED) is 0.794. The minimum atomic E-state index is -0.813. The van der Waals surface area contributed by atoms with E-state index in [1.165, 1.54) is 12.8 Å². The van der Waals surface area contributed by atoms with Gasteiger partial charge < -0.3 is 10.8 Å². The second kappa shape index (κ2) is 4.97. The summed E-state index contributed by atoms with van der Waals surface area (Å²) in [6.07, 6.45) is 4.80. The van der Waals surface area contributed by atoms with Crippen LogP contribution in [-0.2, 0) is 4.79 Å². The van der Waals surface area contributed by atoms with Crippen LogP contribution in [-0.4, -0.2) is 17.1 Å². The minimum absolute atomic E-state index is 0.416. The molecule has 1 fully saturated rings. The molecule has 0 aromatic rings. The van der Waals surface area contributed by atoms with E-state index in [1.807, 2.05) is 0 Å². The summed E-state index contributed by atoms with van der Waals surface area (Å²) >= 11 is 0. The van der Waals surface area contributed by atoms with Gasteiger partial charge >= 0.3 is 0 Å². The number of carbonyl (C=O) groups is 1. The number of hydrogen-bond acceptors (Lipinski definition) is 2. The SMILES string of the molecule is CC1(C)CCC(CC(O)C(C)(C)C(N)=O)CC1. The molecule has 0 heterocycles. The van der Waals surface area contributed by atoms with Crippen molar-refractivity contribution in [1.29, 1.82) is 0 Å². The summed E-state index contributed by atoms with van der Waals surface area (Å²) in [5.41, 5.74) is 4.95. The number of aliphatic hydroxyl groups is 1. The van der Waals surface area contributed by atoms with Crippen LogP contribution in [0.4, 0.5) is 0 Å². The third kappa shape index (κ3) is 3.70. The maximum absolute atomic E-state index is 11.3. The zero-order valence-electron chi connectivity index (χ0n) is 11.6. The Kier molecular flexibility index (Phi) is 4.23. The zero-order valence-corrected chi connectivity index (χ0v) is 11.6. The van der Waals surface area contributed by atoms with Crippen LogP contribution in [0.15, 0.2) is 0 Å². The summed E-state index contributed by atoms with van der Waals surface area (Å²) in [7, 11) is 0. The fourth-order valence-electron chi connectivity index (χ4n) is 2.47. The van der Waals surface area contributed by atoms with Crippen molar-refractivity contribution >= 4 is 5.91 Å². The molecule has 1 atom stereocenters. The molecule has 3 nitrogen and oxygen atoms in total. The average molecular weight is 241 g/mol. The van der Waals surface area contributed by atoms with Gasteiger partial charge in [0.15, 0.2) is 0 Å². The summed E-state index contributed by atoms with van der Waals surface area (Å²) in [5, 5.41) is 10.1. The van der Waals surface area contributed by atoms with Crippen LogP contribution >= 0.6 is 0 Å². The van der Waals surface area contributed by atoms with E-state index in [-0.39, 0.29) is 0 Å². The standard InChI is InChI=1S/C14H27NO2/c1-13(2)7-5-10(6-8-13)9-11(16)14(3,4)12(15)17/h10-11,16H,5-9H2,1-4H3,(H2,15,17). The van der Waals surface area contributed by atoms with Crippen molar-refractivity contribution < 1.29 is 9.90 Å². The predicted octanol–water partition coefficient (Wildman–Crippen LogP) is 2.47. The molecule has 0 bridgehead atoms. The fourth-order valence-corrected chi connectivity index (χ4v) is 2.47. The van der Waals surface area contributed by atoms with Crippen molar-refractivity contribution in [1.82, 2.24) is 0 Å². The van der Waals surface area contributed by atoms with E-state index < -0.39 is 17.4 Å². The molecule has 1 unspecified atom stereocenters. The Morgan fingerprint density at radius 2 is 1.88 bits per heavy atom. The van der Waals surface area contributed by atoms with E-state index in [0.717, 1.165) is 12.8 Å². The number of hydrogen-bond donors (Lipinski definition) is 2. The van der Waals surface area contributed by atoms with Gasteiger partial charge in [-0.3, -0.25) is 4.79 Å². The third-order valence-corrected chi connectivity index (χ3v) is 4.48. The molecule has 3 heteroatoms. The Bertz CT molecular complexity index is 274. The molecule has 1 saturated carbocycles. The normalized spacial score (nSPS) is 23.4. The molecule has 17 heavy (non-hydrogen) atoms. The summed E-state index contributed by atoms with van der Waals surface area (Å²) in [6, 6.07) is 0. The van der Waals surface area contributed by atoms with Gasteiger partial charge in [-0.1, -0.05) is 13.8 Å². The highest BCUT2D eigenvalue weighted by Crippen LogP contribution is 2.40. The largest absolute Gasteiger partial charge is 0.392 e. The van der Waals surface area contributed by atoms with Gasteiger partial charge in [-0.25, -0.2) is 0 Å².